The Balaban J connectivity index is 1.82. The average Bonchev–Trinajstić information content (AvgIpc) is 2.64. The quantitative estimate of drug-likeness (QED) is 0.728. The summed E-state index contributed by atoms with van der Waals surface area (Å²) >= 11 is 0. The number of carbonyl (C=O) groups is 2. The van der Waals surface area contributed by atoms with Crippen molar-refractivity contribution in [2.45, 2.75) is 39.2 Å². The zero-order valence-electron chi connectivity index (χ0n) is 16.6. The molecule has 1 fully saturated rings. The van der Waals surface area contributed by atoms with Crippen LogP contribution >= 0.6 is 0 Å². The van der Waals surface area contributed by atoms with Gasteiger partial charge in [0.2, 0.25) is 10.0 Å². The Morgan fingerprint density at radius 3 is 2.36 bits per heavy atom. The van der Waals surface area contributed by atoms with Crippen LogP contribution in [0.25, 0.3) is 6.08 Å². The molecule has 0 unspecified atom stereocenters. The van der Waals surface area contributed by atoms with E-state index in [9.17, 15) is 18.0 Å². The molecule has 7 nitrogen and oxygen atoms in total. The number of piperidine rings is 1. The fourth-order valence-corrected chi connectivity index (χ4v) is 4.09. The molecule has 1 aromatic carbocycles. The van der Waals surface area contributed by atoms with Crippen molar-refractivity contribution in [3.8, 4) is 0 Å². The van der Waals surface area contributed by atoms with Crippen LogP contribution in [-0.4, -0.2) is 49.8 Å². The van der Waals surface area contributed by atoms with E-state index in [1.165, 1.54) is 9.71 Å². The van der Waals surface area contributed by atoms with Crippen molar-refractivity contribution in [1.29, 1.82) is 0 Å². The lowest BCUT2D eigenvalue weighted by Crippen LogP contribution is -2.43. The molecule has 0 aliphatic carbocycles. The number of nitrogens with one attached hydrogen (secondary N) is 1. The SMILES string of the molecule is CC(C)(C)NC(=O)COC(=O)C1CCN(S(=O)(=O)/C=C/c2ccccc2)CC1. The summed E-state index contributed by atoms with van der Waals surface area (Å²) in [5.41, 5.74) is 0.411. The van der Waals surface area contributed by atoms with Crippen LogP contribution in [0.3, 0.4) is 0 Å². The smallest absolute Gasteiger partial charge is 0.309 e. The van der Waals surface area contributed by atoms with Crippen molar-refractivity contribution < 1.29 is 22.7 Å². The van der Waals surface area contributed by atoms with Crippen LogP contribution < -0.4 is 5.32 Å². The molecular formula is C20H28N2O5S. The Bertz CT molecular complexity index is 805. The van der Waals surface area contributed by atoms with E-state index in [1.54, 1.807) is 6.08 Å². The van der Waals surface area contributed by atoms with Crippen molar-refractivity contribution in [1.82, 2.24) is 9.62 Å². The number of hydrogen-bond acceptors (Lipinski definition) is 5. The van der Waals surface area contributed by atoms with Crippen LogP contribution in [0.2, 0.25) is 0 Å². The molecule has 8 heteroatoms. The second kappa shape index (κ2) is 9.34. The normalized spacial score (nSPS) is 16.8. The first-order valence-electron chi connectivity index (χ1n) is 9.28. The van der Waals surface area contributed by atoms with Gasteiger partial charge in [0, 0.05) is 24.0 Å². The molecule has 1 N–H and O–H groups in total. The highest BCUT2D eigenvalue weighted by molar-refractivity contribution is 7.92. The third-order valence-electron chi connectivity index (χ3n) is 4.24. The summed E-state index contributed by atoms with van der Waals surface area (Å²) in [6, 6.07) is 9.19. The van der Waals surface area contributed by atoms with Crippen molar-refractivity contribution >= 4 is 28.0 Å². The Hall–Kier alpha value is -2.19. The summed E-state index contributed by atoms with van der Waals surface area (Å²) in [6.07, 6.45) is 2.31. The Morgan fingerprint density at radius 2 is 1.79 bits per heavy atom. The number of sulfonamides is 1. The largest absolute Gasteiger partial charge is 0.455 e. The van der Waals surface area contributed by atoms with Gasteiger partial charge in [-0.3, -0.25) is 9.59 Å². The summed E-state index contributed by atoms with van der Waals surface area (Å²) in [6.45, 7) is 5.69. The maximum absolute atomic E-state index is 12.5. The summed E-state index contributed by atoms with van der Waals surface area (Å²) in [7, 11) is -3.54. The Morgan fingerprint density at radius 1 is 1.18 bits per heavy atom. The molecule has 0 bridgehead atoms. The van der Waals surface area contributed by atoms with E-state index < -0.39 is 27.4 Å². The number of amides is 1. The summed E-state index contributed by atoms with van der Waals surface area (Å²) in [4.78, 5) is 23.9. The van der Waals surface area contributed by atoms with Crippen LogP contribution in [0.4, 0.5) is 0 Å². The molecule has 0 atom stereocenters. The second-order valence-electron chi connectivity index (χ2n) is 7.84. The van der Waals surface area contributed by atoms with Gasteiger partial charge in [-0.1, -0.05) is 30.3 Å². The van der Waals surface area contributed by atoms with E-state index in [-0.39, 0.29) is 25.6 Å². The van der Waals surface area contributed by atoms with Crippen LogP contribution in [-0.2, 0) is 24.3 Å². The molecule has 28 heavy (non-hydrogen) atoms. The lowest BCUT2D eigenvalue weighted by atomic mass is 9.98. The van der Waals surface area contributed by atoms with Gasteiger partial charge in [-0.15, -0.1) is 0 Å². The van der Waals surface area contributed by atoms with E-state index in [4.69, 9.17) is 4.74 Å². The van der Waals surface area contributed by atoms with Crippen LogP contribution in [0.5, 0.6) is 0 Å². The zero-order chi connectivity index (χ0) is 20.8. The molecule has 154 valence electrons. The summed E-state index contributed by atoms with van der Waals surface area (Å²) in [5, 5.41) is 3.91. The lowest BCUT2D eigenvalue weighted by Gasteiger charge is -2.29. The number of hydrogen-bond donors (Lipinski definition) is 1. The topological polar surface area (TPSA) is 92.8 Å². The number of benzene rings is 1. The van der Waals surface area contributed by atoms with Crippen molar-refractivity contribution in [3.05, 3.63) is 41.3 Å². The average molecular weight is 409 g/mol. The molecule has 1 heterocycles. The van der Waals surface area contributed by atoms with Crippen molar-refractivity contribution in [2.75, 3.05) is 19.7 Å². The van der Waals surface area contributed by atoms with Gasteiger partial charge in [0.1, 0.15) is 0 Å². The molecule has 1 aromatic rings. The van der Waals surface area contributed by atoms with Crippen molar-refractivity contribution in [3.63, 3.8) is 0 Å². The molecule has 0 radical (unpaired) electrons. The first-order valence-corrected chi connectivity index (χ1v) is 10.8. The molecule has 0 saturated carbocycles. The highest BCUT2D eigenvalue weighted by Gasteiger charge is 2.31. The van der Waals surface area contributed by atoms with Gasteiger partial charge in [0.25, 0.3) is 5.91 Å². The first-order chi connectivity index (χ1) is 13.1. The van der Waals surface area contributed by atoms with Crippen LogP contribution in [0.15, 0.2) is 35.7 Å². The molecule has 1 aliphatic rings. The number of carbonyl (C=O) groups excluding carboxylic acids is 2. The van der Waals surface area contributed by atoms with Gasteiger partial charge >= 0.3 is 5.97 Å². The fraction of sp³-hybridized carbons (Fsp3) is 0.500. The minimum atomic E-state index is -3.54. The first kappa shape index (κ1) is 22.1. The number of rotatable bonds is 6. The molecule has 2 rings (SSSR count). The fourth-order valence-electron chi connectivity index (χ4n) is 2.87. The molecule has 1 saturated heterocycles. The third-order valence-corrected chi connectivity index (χ3v) is 5.80. The third kappa shape index (κ3) is 7.09. The lowest BCUT2D eigenvalue weighted by molar-refractivity contribution is -0.154. The molecular weight excluding hydrogens is 380 g/mol. The van der Waals surface area contributed by atoms with E-state index in [0.29, 0.717) is 12.8 Å². The maximum atomic E-state index is 12.5. The van der Waals surface area contributed by atoms with Gasteiger partial charge in [0.05, 0.1) is 5.92 Å². The highest BCUT2D eigenvalue weighted by atomic mass is 32.2. The van der Waals surface area contributed by atoms with Gasteiger partial charge in [-0.05, 0) is 45.3 Å². The van der Waals surface area contributed by atoms with Gasteiger partial charge < -0.3 is 10.1 Å². The molecule has 0 aromatic heterocycles. The standard InChI is InChI=1S/C20H28N2O5S/c1-20(2,3)21-18(23)15-27-19(24)17-9-12-22(13-10-17)28(25,26)14-11-16-7-5-4-6-8-16/h4-8,11,14,17H,9-10,12-13,15H2,1-3H3,(H,21,23)/b14-11+. The zero-order valence-corrected chi connectivity index (χ0v) is 17.4. The maximum Gasteiger partial charge on any atom is 0.309 e. The van der Waals surface area contributed by atoms with Crippen LogP contribution in [0, 0.1) is 5.92 Å². The van der Waals surface area contributed by atoms with Crippen molar-refractivity contribution in [2.24, 2.45) is 5.92 Å². The van der Waals surface area contributed by atoms with Crippen LogP contribution in [0.1, 0.15) is 39.2 Å². The number of esters is 1. The van der Waals surface area contributed by atoms with E-state index in [0.717, 1.165) is 5.56 Å². The predicted molar refractivity (Wildman–Crippen MR) is 108 cm³/mol. The highest BCUT2D eigenvalue weighted by Crippen LogP contribution is 2.22. The van der Waals surface area contributed by atoms with E-state index >= 15 is 0 Å². The number of ether oxygens (including phenoxy) is 1. The monoisotopic (exact) mass is 408 g/mol. The van der Waals surface area contributed by atoms with Gasteiger partial charge in [-0.25, -0.2) is 8.42 Å². The minimum absolute atomic E-state index is 0.245. The van der Waals surface area contributed by atoms with E-state index in [1.807, 2.05) is 51.1 Å². The Labute approximate surface area is 166 Å². The second-order valence-corrected chi connectivity index (χ2v) is 9.66. The van der Waals surface area contributed by atoms with E-state index in [2.05, 4.69) is 5.32 Å². The molecule has 1 amide bonds. The Kier molecular flexibility index (Phi) is 7.37. The minimum Gasteiger partial charge on any atom is -0.455 e. The van der Waals surface area contributed by atoms with Gasteiger partial charge in [0.15, 0.2) is 6.61 Å². The predicted octanol–water partition coefficient (Wildman–Crippen LogP) is 2.16. The molecule has 0 spiro atoms. The van der Waals surface area contributed by atoms with Gasteiger partial charge in [-0.2, -0.15) is 4.31 Å². The summed E-state index contributed by atoms with van der Waals surface area (Å²) in [5.74, 6) is -1.21. The molecule has 1 aliphatic heterocycles. The summed E-state index contributed by atoms with van der Waals surface area (Å²) < 4.78 is 31.4. The number of nitrogens with zero attached hydrogens (tertiary/aromatic N) is 1.